The van der Waals surface area contributed by atoms with E-state index in [1.54, 1.807) is 4.68 Å². The Morgan fingerprint density at radius 2 is 1.86 bits per heavy atom. The van der Waals surface area contributed by atoms with Gasteiger partial charge in [-0.05, 0) is 53.1 Å². The topological polar surface area (TPSA) is 81.9 Å². The first-order valence-corrected chi connectivity index (χ1v) is 10.1. The molecular weight excluding hydrogens is 386 g/mol. The van der Waals surface area contributed by atoms with E-state index in [1.807, 2.05) is 73.7 Å². The van der Waals surface area contributed by atoms with E-state index in [0.29, 0.717) is 11.8 Å². The number of carbonyl (C=O) groups excluding carboxylic acids is 1. The Labute approximate surface area is 172 Å². The fourth-order valence-corrected chi connectivity index (χ4v) is 3.62. The zero-order valence-electron chi connectivity index (χ0n) is 15.8. The molecule has 0 unspecified atom stereocenters. The smallest absolute Gasteiger partial charge is 0.234 e. The number of hydrogen-bond donors (Lipinski definition) is 1. The van der Waals surface area contributed by atoms with Crippen molar-refractivity contribution in [2.75, 3.05) is 17.7 Å². The van der Waals surface area contributed by atoms with Gasteiger partial charge in [-0.25, -0.2) is 0 Å². The molecule has 3 aromatic carbocycles. The summed E-state index contributed by atoms with van der Waals surface area (Å²) in [6.07, 6.45) is 0. The molecule has 0 saturated carbocycles. The molecule has 29 heavy (non-hydrogen) atoms. The molecule has 0 bridgehead atoms. The van der Waals surface area contributed by atoms with E-state index in [9.17, 15) is 4.79 Å². The summed E-state index contributed by atoms with van der Waals surface area (Å²) in [5.74, 6) is 0.862. The molecular formula is C21H19N5O2S. The van der Waals surface area contributed by atoms with Crippen molar-refractivity contribution in [2.45, 2.75) is 12.1 Å². The van der Waals surface area contributed by atoms with Crippen LogP contribution in [0.4, 0.5) is 5.69 Å². The lowest BCUT2D eigenvalue weighted by molar-refractivity contribution is -0.113. The number of nitrogens with zero attached hydrogens (tertiary/aromatic N) is 4. The number of tetrazole rings is 1. The van der Waals surface area contributed by atoms with Crippen LogP contribution in [0.3, 0.4) is 0 Å². The minimum atomic E-state index is -0.118. The van der Waals surface area contributed by atoms with Gasteiger partial charge >= 0.3 is 0 Å². The average molecular weight is 405 g/mol. The number of fused-ring (bicyclic) bond motifs is 1. The molecule has 0 radical (unpaired) electrons. The highest BCUT2D eigenvalue weighted by molar-refractivity contribution is 7.99. The van der Waals surface area contributed by atoms with Crippen LogP contribution in [0.25, 0.3) is 16.5 Å². The third-order valence-corrected chi connectivity index (χ3v) is 5.15. The summed E-state index contributed by atoms with van der Waals surface area (Å²) in [6, 6.07) is 21.3. The van der Waals surface area contributed by atoms with Crippen molar-refractivity contribution in [1.29, 1.82) is 0 Å². The molecule has 0 aliphatic carbocycles. The third-order valence-electron chi connectivity index (χ3n) is 4.23. The highest BCUT2D eigenvalue weighted by Crippen LogP contribution is 2.24. The van der Waals surface area contributed by atoms with E-state index < -0.39 is 0 Å². The molecule has 0 fully saturated rings. The molecule has 7 nitrogen and oxygen atoms in total. The van der Waals surface area contributed by atoms with Crippen LogP contribution < -0.4 is 10.1 Å². The van der Waals surface area contributed by atoms with Crippen molar-refractivity contribution in [2.24, 2.45) is 0 Å². The molecule has 0 aliphatic rings. The van der Waals surface area contributed by atoms with Crippen LogP contribution in [0.15, 0.2) is 71.9 Å². The summed E-state index contributed by atoms with van der Waals surface area (Å²) in [7, 11) is 0. The Bertz CT molecular complexity index is 1120. The standard InChI is InChI=1S/C21H19N5O2S/c1-2-28-17-12-10-16(11-13-17)26-21(23-24-25-26)29-14-20(27)22-19-9-5-7-15-6-3-4-8-18(15)19/h3-13H,2,14H2,1H3,(H,22,27). The number of benzene rings is 3. The van der Waals surface area contributed by atoms with Crippen LogP contribution >= 0.6 is 11.8 Å². The molecule has 0 aliphatic heterocycles. The summed E-state index contributed by atoms with van der Waals surface area (Å²) >= 11 is 1.28. The molecule has 1 amide bonds. The van der Waals surface area contributed by atoms with Crippen molar-refractivity contribution < 1.29 is 9.53 Å². The number of hydrogen-bond acceptors (Lipinski definition) is 6. The van der Waals surface area contributed by atoms with Gasteiger partial charge < -0.3 is 10.1 Å². The number of aromatic nitrogens is 4. The van der Waals surface area contributed by atoms with Gasteiger partial charge in [0.1, 0.15) is 5.75 Å². The quantitative estimate of drug-likeness (QED) is 0.469. The largest absolute Gasteiger partial charge is 0.494 e. The first-order valence-electron chi connectivity index (χ1n) is 9.16. The van der Waals surface area contributed by atoms with Gasteiger partial charge in [0.25, 0.3) is 0 Å². The fraction of sp³-hybridized carbons (Fsp3) is 0.143. The normalized spacial score (nSPS) is 10.8. The predicted octanol–water partition coefficient (Wildman–Crippen LogP) is 3.95. The summed E-state index contributed by atoms with van der Waals surface area (Å²) in [5, 5.41) is 17.4. The number of carbonyl (C=O) groups is 1. The van der Waals surface area contributed by atoms with Crippen LogP contribution in [0, 0.1) is 0 Å². The van der Waals surface area contributed by atoms with Crippen LogP contribution in [0.1, 0.15) is 6.92 Å². The monoisotopic (exact) mass is 405 g/mol. The molecule has 1 N–H and O–H groups in total. The maximum Gasteiger partial charge on any atom is 0.234 e. The number of rotatable bonds is 7. The van der Waals surface area contributed by atoms with Gasteiger partial charge in [-0.15, -0.1) is 5.10 Å². The van der Waals surface area contributed by atoms with E-state index in [4.69, 9.17) is 4.74 Å². The predicted molar refractivity (Wildman–Crippen MR) is 114 cm³/mol. The van der Waals surface area contributed by atoms with E-state index in [0.717, 1.165) is 27.9 Å². The van der Waals surface area contributed by atoms with Crippen molar-refractivity contribution in [3.05, 3.63) is 66.7 Å². The third kappa shape index (κ3) is 4.38. The van der Waals surface area contributed by atoms with Crippen LogP contribution in [0.2, 0.25) is 0 Å². The molecule has 1 heterocycles. The SMILES string of the molecule is CCOc1ccc(-n2nnnc2SCC(=O)Nc2cccc3ccccc23)cc1. The number of thioether (sulfide) groups is 1. The summed E-state index contributed by atoms with van der Waals surface area (Å²) in [6.45, 7) is 2.55. The van der Waals surface area contributed by atoms with Crippen molar-refractivity contribution in [3.8, 4) is 11.4 Å². The van der Waals surface area contributed by atoms with Gasteiger partial charge in [0.15, 0.2) is 0 Å². The van der Waals surface area contributed by atoms with Crippen molar-refractivity contribution in [1.82, 2.24) is 20.2 Å². The second-order valence-corrected chi connectivity index (χ2v) is 7.11. The summed E-state index contributed by atoms with van der Waals surface area (Å²) < 4.78 is 7.06. The minimum Gasteiger partial charge on any atom is -0.494 e. The molecule has 0 saturated heterocycles. The zero-order valence-corrected chi connectivity index (χ0v) is 16.6. The average Bonchev–Trinajstić information content (AvgIpc) is 3.22. The Hall–Kier alpha value is -3.39. The number of amides is 1. The van der Waals surface area contributed by atoms with Crippen LogP contribution in [-0.4, -0.2) is 38.5 Å². The van der Waals surface area contributed by atoms with Gasteiger partial charge in [0.05, 0.1) is 18.0 Å². The van der Waals surface area contributed by atoms with Crippen LogP contribution in [-0.2, 0) is 4.79 Å². The second-order valence-electron chi connectivity index (χ2n) is 6.16. The summed E-state index contributed by atoms with van der Waals surface area (Å²) in [4.78, 5) is 12.5. The number of nitrogens with one attached hydrogen (secondary N) is 1. The Balaban J connectivity index is 1.43. The lowest BCUT2D eigenvalue weighted by atomic mass is 10.1. The second kappa shape index (κ2) is 8.74. The van der Waals surface area contributed by atoms with Gasteiger partial charge in [0.2, 0.25) is 11.1 Å². The first-order chi connectivity index (χ1) is 14.2. The van der Waals surface area contributed by atoms with E-state index in [2.05, 4.69) is 20.8 Å². The van der Waals surface area contributed by atoms with Gasteiger partial charge in [-0.2, -0.15) is 4.68 Å². The van der Waals surface area contributed by atoms with E-state index >= 15 is 0 Å². The molecule has 0 spiro atoms. The first kappa shape index (κ1) is 18.9. The number of anilines is 1. The molecule has 4 aromatic rings. The lowest BCUT2D eigenvalue weighted by Gasteiger charge is -2.09. The molecule has 1 aromatic heterocycles. The maximum atomic E-state index is 12.5. The lowest BCUT2D eigenvalue weighted by Crippen LogP contribution is -2.14. The highest BCUT2D eigenvalue weighted by Gasteiger charge is 2.12. The Morgan fingerprint density at radius 3 is 2.69 bits per heavy atom. The van der Waals surface area contributed by atoms with Gasteiger partial charge in [-0.1, -0.05) is 48.2 Å². The highest BCUT2D eigenvalue weighted by atomic mass is 32.2. The zero-order chi connectivity index (χ0) is 20.1. The summed E-state index contributed by atoms with van der Waals surface area (Å²) in [5.41, 5.74) is 1.59. The van der Waals surface area contributed by atoms with E-state index in [1.165, 1.54) is 11.8 Å². The molecule has 4 rings (SSSR count). The minimum absolute atomic E-state index is 0.118. The molecule has 8 heteroatoms. The number of ether oxygens (including phenoxy) is 1. The van der Waals surface area contributed by atoms with Gasteiger partial charge in [0, 0.05) is 11.1 Å². The van der Waals surface area contributed by atoms with E-state index in [-0.39, 0.29) is 11.7 Å². The molecule has 0 atom stereocenters. The Morgan fingerprint density at radius 1 is 1.07 bits per heavy atom. The van der Waals surface area contributed by atoms with Crippen molar-refractivity contribution >= 4 is 34.1 Å². The molecule has 146 valence electrons. The van der Waals surface area contributed by atoms with Crippen LogP contribution in [0.5, 0.6) is 5.75 Å². The van der Waals surface area contributed by atoms with Gasteiger partial charge in [-0.3, -0.25) is 4.79 Å². The maximum absolute atomic E-state index is 12.5. The fourth-order valence-electron chi connectivity index (χ4n) is 2.93. The van der Waals surface area contributed by atoms with Crippen molar-refractivity contribution in [3.63, 3.8) is 0 Å². The Kier molecular flexibility index (Phi) is 5.71.